The van der Waals surface area contributed by atoms with Gasteiger partial charge in [0.05, 0.1) is 5.69 Å². The lowest BCUT2D eigenvalue weighted by Crippen LogP contribution is -2.33. The molecule has 0 aromatic heterocycles. The van der Waals surface area contributed by atoms with Gasteiger partial charge in [-0.15, -0.1) is 0 Å². The van der Waals surface area contributed by atoms with Gasteiger partial charge in [-0.1, -0.05) is 19.3 Å². The molecule has 1 aromatic rings. The molecule has 3 heteroatoms. The Kier molecular flexibility index (Phi) is 3.32. The molecular formula is C13H19FN2. The molecule has 0 saturated heterocycles. The lowest BCUT2D eigenvalue weighted by molar-refractivity contribution is 0.424. The minimum Gasteiger partial charge on any atom is -0.399 e. The van der Waals surface area contributed by atoms with Gasteiger partial charge in [0, 0.05) is 18.8 Å². The van der Waals surface area contributed by atoms with Crippen LogP contribution in [0.15, 0.2) is 18.2 Å². The Morgan fingerprint density at radius 1 is 1.25 bits per heavy atom. The van der Waals surface area contributed by atoms with E-state index in [9.17, 15) is 4.39 Å². The predicted molar refractivity (Wildman–Crippen MR) is 66.1 cm³/mol. The van der Waals surface area contributed by atoms with E-state index in [-0.39, 0.29) is 5.82 Å². The molecule has 0 heterocycles. The molecular weight excluding hydrogens is 203 g/mol. The summed E-state index contributed by atoms with van der Waals surface area (Å²) >= 11 is 0. The van der Waals surface area contributed by atoms with Crippen LogP contribution in [0.1, 0.15) is 32.1 Å². The van der Waals surface area contributed by atoms with E-state index in [1.165, 1.54) is 38.2 Å². The van der Waals surface area contributed by atoms with Crippen molar-refractivity contribution in [2.24, 2.45) is 0 Å². The van der Waals surface area contributed by atoms with E-state index in [1.807, 2.05) is 7.05 Å². The van der Waals surface area contributed by atoms with Crippen LogP contribution < -0.4 is 10.6 Å². The van der Waals surface area contributed by atoms with Crippen molar-refractivity contribution in [3.63, 3.8) is 0 Å². The molecule has 1 fully saturated rings. The summed E-state index contributed by atoms with van der Waals surface area (Å²) < 4.78 is 13.7. The first-order chi connectivity index (χ1) is 7.68. The highest BCUT2D eigenvalue weighted by Crippen LogP contribution is 2.28. The van der Waals surface area contributed by atoms with Gasteiger partial charge in [-0.2, -0.15) is 0 Å². The number of benzene rings is 1. The van der Waals surface area contributed by atoms with Crippen LogP contribution in [-0.4, -0.2) is 13.1 Å². The number of rotatable bonds is 2. The molecule has 0 radical (unpaired) electrons. The monoisotopic (exact) mass is 222 g/mol. The van der Waals surface area contributed by atoms with E-state index in [1.54, 1.807) is 12.1 Å². The number of hydrogen-bond donors (Lipinski definition) is 1. The zero-order valence-electron chi connectivity index (χ0n) is 9.75. The van der Waals surface area contributed by atoms with Crippen molar-refractivity contribution in [1.82, 2.24) is 0 Å². The van der Waals surface area contributed by atoms with Crippen molar-refractivity contribution in [3.8, 4) is 0 Å². The standard InChI is InChI=1S/C13H19FN2/c1-16(11-5-3-2-4-6-11)13-8-7-10(15)9-12(13)14/h7-9,11H,2-6,15H2,1H3. The van der Waals surface area contributed by atoms with Gasteiger partial charge in [0.15, 0.2) is 0 Å². The van der Waals surface area contributed by atoms with Gasteiger partial charge in [-0.25, -0.2) is 4.39 Å². The van der Waals surface area contributed by atoms with Crippen molar-refractivity contribution in [3.05, 3.63) is 24.0 Å². The molecule has 16 heavy (non-hydrogen) atoms. The summed E-state index contributed by atoms with van der Waals surface area (Å²) in [6.45, 7) is 0. The van der Waals surface area contributed by atoms with Crippen molar-refractivity contribution in [2.75, 3.05) is 17.7 Å². The number of anilines is 2. The Labute approximate surface area is 96.2 Å². The van der Waals surface area contributed by atoms with Gasteiger partial charge >= 0.3 is 0 Å². The first-order valence-corrected chi connectivity index (χ1v) is 5.96. The quantitative estimate of drug-likeness (QED) is 0.779. The number of hydrogen-bond acceptors (Lipinski definition) is 2. The Balaban J connectivity index is 2.15. The summed E-state index contributed by atoms with van der Waals surface area (Å²) in [5.41, 5.74) is 6.70. The van der Waals surface area contributed by atoms with E-state index < -0.39 is 0 Å². The third-order valence-corrected chi connectivity index (χ3v) is 3.47. The highest BCUT2D eigenvalue weighted by Gasteiger charge is 2.20. The number of halogens is 1. The van der Waals surface area contributed by atoms with Crippen LogP contribution in [-0.2, 0) is 0 Å². The van der Waals surface area contributed by atoms with Crippen LogP contribution in [0.3, 0.4) is 0 Å². The molecule has 2 N–H and O–H groups in total. The molecule has 2 nitrogen and oxygen atoms in total. The Morgan fingerprint density at radius 3 is 2.56 bits per heavy atom. The third-order valence-electron chi connectivity index (χ3n) is 3.47. The van der Waals surface area contributed by atoms with Gasteiger partial charge in [-0.05, 0) is 31.0 Å². The van der Waals surface area contributed by atoms with Crippen LogP contribution in [0.5, 0.6) is 0 Å². The predicted octanol–water partition coefficient (Wildman–Crippen LogP) is 3.18. The fraction of sp³-hybridized carbons (Fsp3) is 0.538. The largest absolute Gasteiger partial charge is 0.399 e. The molecule has 0 amide bonds. The van der Waals surface area contributed by atoms with E-state index in [4.69, 9.17) is 5.73 Å². The average Bonchev–Trinajstić information content (AvgIpc) is 2.29. The number of nitrogens with two attached hydrogens (primary N) is 1. The second-order valence-electron chi connectivity index (χ2n) is 4.61. The van der Waals surface area contributed by atoms with Gasteiger partial charge < -0.3 is 10.6 Å². The fourth-order valence-electron chi connectivity index (χ4n) is 2.47. The van der Waals surface area contributed by atoms with Crippen LogP contribution in [0.4, 0.5) is 15.8 Å². The van der Waals surface area contributed by atoms with Crippen molar-refractivity contribution >= 4 is 11.4 Å². The molecule has 0 aliphatic heterocycles. The molecule has 1 saturated carbocycles. The van der Waals surface area contributed by atoms with Crippen molar-refractivity contribution in [2.45, 2.75) is 38.1 Å². The maximum Gasteiger partial charge on any atom is 0.148 e. The first kappa shape index (κ1) is 11.2. The smallest absolute Gasteiger partial charge is 0.148 e. The van der Waals surface area contributed by atoms with Crippen molar-refractivity contribution < 1.29 is 4.39 Å². The van der Waals surface area contributed by atoms with E-state index in [2.05, 4.69) is 4.90 Å². The number of nitrogen functional groups attached to an aromatic ring is 1. The molecule has 88 valence electrons. The Bertz CT molecular complexity index is 359. The highest BCUT2D eigenvalue weighted by atomic mass is 19.1. The van der Waals surface area contributed by atoms with Crippen molar-refractivity contribution in [1.29, 1.82) is 0 Å². The Morgan fingerprint density at radius 2 is 1.94 bits per heavy atom. The summed E-state index contributed by atoms with van der Waals surface area (Å²) in [6.07, 6.45) is 6.16. The fourth-order valence-corrected chi connectivity index (χ4v) is 2.47. The van der Waals surface area contributed by atoms with Gasteiger partial charge in [0.2, 0.25) is 0 Å². The zero-order chi connectivity index (χ0) is 11.5. The van der Waals surface area contributed by atoms with Gasteiger partial charge in [0.1, 0.15) is 5.82 Å². The minimum atomic E-state index is -0.215. The topological polar surface area (TPSA) is 29.3 Å². The molecule has 1 aliphatic rings. The average molecular weight is 222 g/mol. The number of nitrogens with zero attached hydrogens (tertiary/aromatic N) is 1. The maximum atomic E-state index is 13.7. The van der Waals surface area contributed by atoms with Gasteiger partial charge in [-0.3, -0.25) is 0 Å². The van der Waals surface area contributed by atoms with Crippen LogP contribution in [0, 0.1) is 5.82 Å². The summed E-state index contributed by atoms with van der Waals surface area (Å²) in [7, 11) is 1.98. The molecule has 0 atom stereocenters. The second kappa shape index (κ2) is 4.73. The molecule has 0 spiro atoms. The molecule has 1 aliphatic carbocycles. The maximum absolute atomic E-state index is 13.7. The molecule has 1 aromatic carbocycles. The SMILES string of the molecule is CN(c1ccc(N)cc1F)C1CCCCC1. The summed E-state index contributed by atoms with van der Waals surface area (Å²) in [4.78, 5) is 2.06. The van der Waals surface area contributed by atoms with E-state index in [0.29, 0.717) is 17.4 Å². The van der Waals surface area contributed by atoms with Crippen LogP contribution in [0.2, 0.25) is 0 Å². The van der Waals surface area contributed by atoms with E-state index in [0.717, 1.165) is 0 Å². The van der Waals surface area contributed by atoms with E-state index >= 15 is 0 Å². The normalized spacial score (nSPS) is 17.4. The summed E-state index contributed by atoms with van der Waals surface area (Å²) in [6, 6.07) is 5.41. The van der Waals surface area contributed by atoms with Crippen LogP contribution in [0.25, 0.3) is 0 Å². The highest BCUT2D eigenvalue weighted by molar-refractivity contribution is 5.54. The minimum absolute atomic E-state index is 0.215. The summed E-state index contributed by atoms with van der Waals surface area (Å²) in [5.74, 6) is -0.215. The summed E-state index contributed by atoms with van der Waals surface area (Å²) in [5, 5.41) is 0. The van der Waals surface area contributed by atoms with Crippen LogP contribution >= 0.6 is 0 Å². The Hall–Kier alpha value is -1.25. The lowest BCUT2D eigenvalue weighted by atomic mass is 9.94. The lowest BCUT2D eigenvalue weighted by Gasteiger charge is -2.33. The molecule has 0 bridgehead atoms. The zero-order valence-corrected chi connectivity index (χ0v) is 9.75. The molecule has 0 unspecified atom stereocenters. The van der Waals surface area contributed by atoms with Gasteiger partial charge in [0.25, 0.3) is 0 Å². The first-order valence-electron chi connectivity index (χ1n) is 5.96. The second-order valence-corrected chi connectivity index (χ2v) is 4.61. The molecule has 2 rings (SSSR count). The third kappa shape index (κ3) is 2.29.